The summed E-state index contributed by atoms with van der Waals surface area (Å²) in [6, 6.07) is 5.55. The van der Waals surface area contributed by atoms with Gasteiger partial charge in [-0.2, -0.15) is 0 Å². The SMILES string of the molecule is COc1ccc(CC(C)C(=O)NC(C)(CC(=O)O)C(C)C)cc1OC. The average Bonchev–Trinajstić information content (AvgIpc) is 2.53. The number of nitrogens with one attached hydrogen (secondary N) is 1. The van der Waals surface area contributed by atoms with Crippen LogP contribution in [0.5, 0.6) is 11.5 Å². The number of benzene rings is 1. The summed E-state index contributed by atoms with van der Waals surface area (Å²) in [5.41, 5.74) is 0.166. The Labute approximate surface area is 149 Å². The first kappa shape index (κ1) is 20.8. The highest BCUT2D eigenvalue weighted by Gasteiger charge is 2.34. The molecule has 0 saturated carbocycles. The molecule has 6 heteroatoms. The molecule has 0 aromatic heterocycles. The second-order valence-electron chi connectivity index (χ2n) is 6.93. The van der Waals surface area contributed by atoms with Gasteiger partial charge in [-0.1, -0.05) is 26.8 Å². The van der Waals surface area contributed by atoms with Crippen molar-refractivity contribution in [2.45, 2.75) is 46.1 Å². The minimum Gasteiger partial charge on any atom is -0.493 e. The Morgan fingerprint density at radius 3 is 2.24 bits per heavy atom. The van der Waals surface area contributed by atoms with Gasteiger partial charge >= 0.3 is 5.97 Å². The highest BCUT2D eigenvalue weighted by Crippen LogP contribution is 2.29. The molecule has 2 N–H and O–H groups in total. The number of carbonyl (C=O) groups is 2. The summed E-state index contributed by atoms with van der Waals surface area (Å²) in [5.74, 6) is -0.134. The zero-order valence-corrected chi connectivity index (χ0v) is 15.9. The third kappa shape index (κ3) is 5.66. The molecule has 0 aliphatic rings. The fourth-order valence-electron chi connectivity index (χ4n) is 2.57. The Kier molecular flexibility index (Phi) is 7.27. The van der Waals surface area contributed by atoms with Crippen molar-refractivity contribution < 1.29 is 24.2 Å². The second-order valence-corrected chi connectivity index (χ2v) is 6.93. The van der Waals surface area contributed by atoms with Crippen LogP contribution in [-0.2, 0) is 16.0 Å². The molecule has 0 aliphatic heterocycles. The lowest BCUT2D eigenvalue weighted by molar-refractivity contribution is -0.139. The molecule has 25 heavy (non-hydrogen) atoms. The normalized spacial score (nSPS) is 14.5. The van der Waals surface area contributed by atoms with Gasteiger partial charge in [0.1, 0.15) is 0 Å². The molecule has 2 atom stereocenters. The van der Waals surface area contributed by atoms with Crippen molar-refractivity contribution in [3.05, 3.63) is 23.8 Å². The summed E-state index contributed by atoms with van der Waals surface area (Å²) in [4.78, 5) is 23.7. The monoisotopic (exact) mass is 351 g/mol. The predicted octanol–water partition coefficient (Wildman–Crippen LogP) is 2.89. The van der Waals surface area contributed by atoms with Gasteiger partial charge < -0.3 is 19.9 Å². The van der Waals surface area contributed by atoms with Crippen LogP contribution in [0.25, 0.3) is 0 Å². The fraction of sp³-hybridized carbons (Fsp3) is 0.579. The zero-order valence-electron chi connectivity index (χ0n) is 15.9. The van der Waals surface area contributed by atoms with Crippen LogP contribution >= 0.6 is 0 Å². The molecular weight excluding hydrogens is 322 g/mol. The molecule has 0 bridgehead atoms. The van der Waals surface area contributed by atoms with Gasteiger partial charge in [0, 0.05) is 11.5 Å². The van der Waals surface area contributed by atoms with Crippen LogP contribution in [0.2, 0.25) is 0 Å². The van der Waals surface area contributed by atoms with Gasteiger partial charge in [-0.25, -0.2) is 0 Å². The van der Waals surface area contributed by atoms with Gasteiger partial charge in [-0.15, -0.1) is 0 Å². The lowest BCUT2D eigenvalue weighted by Crippen LogP contribution is -2.52. The van der Waals surface area contributed by atoms with E-state index in [9.17, 15) is 9.59 Å². The van der Waals surface area contributed by atoms with Gasteiger partial charge in [-0.05, 0) is 37.0 Å². The maximum Gasteiger partial charge on any atom is 0.305 e. The smallest absolute Gasteiger partial charge is 0.305 e. The molecule has 2 unspecified atom stereocenters. The second kappa shape index (κ2) is 8.74. The highest BCUT2D eigenvalue weighted by molar-refractivity contribution is 5.80. The van der Waals surface area contributed by atoms with E-state index in [1.165, 1.54) is 0 Å². The number of hydrogen-bond donors (Lipinski definition) is 2. The lowest BCUT2D eigenvalue weighted by Gasteiger charge is -2.34. The van der Waals surface area contributed by atoms with E-state index < -0.39 is 11.5 Å². The van der Waals surface area contributed by atoms with Gasteiger partial charge in [0.25, 0.3) is 0 Å². The molecule has 140 valence electrons. The van der Waals surface area contributed by atoms with E-state index in [0.29, 0.717) is 17.9 Å². The first-order valence-electron chi connectivity index (χ1n) is 8.37. The number of carboxylic acid groups (broad SMARTS) is 1. The third-order valence-corrected chi connectivity index (χ3v) is 4.64. The molecule has 0 spiro atoms. The Morgan fingerprint density at radius 2 is 1.76 bits per heavy atom. The van der Waals surface area contributed by atoms with E-state index >= 15 is 0 Å². The van der Waals surface area contributed by atoms with Crippen LogP contribution < -0.4 is 14.8 Å². The van der Waals surface area contributed by atoms with Crippen molar-refractivity contribution in [1.29, 1.82) is 0 Å². The Morgan fingerprint density at radius 1 is 1.16 bits per heavy atom. The Bertz CT molecular complexity index is 614. The van der Waals surface area contributed by atoms with E-state index in [-0.39, 0.29) is 24.2 Å². The van der Waals surface area contributed by atoms with Crippen molar-refractivity contribution in [2.24, 2.45) is 11.8 Å². The summed E-state index contributed by atoms with van der Waals surface area (Å²) in [7, 11) is 3.14. The largest absolute Gasteiger partial charge is 0.493 e. The molecule has 1 aromatic rings. The van der Waals surface area contributed by atoms with Crippen molar-refractivity contribution in [1.82, 2.24) is 5.32 Å². The molecule has 1 aromatic carbocycles. The van der Waals surface area contributed by atoms with Gasteiger partial charge in [0.05, 0.1) is 20.6 Å². The van der Waals surface area contributed by atoms with Crippen LogP contribution in [0.3, 0.4) is 0 Å². The molecule has 0 aliphatic carbocycles. The van der Waals surface area contributed by atoms with E-state index in [0.717, 1.165) is 5.56 Å². The molecule has 6 nitrogen and oxygen atoms in total. The van der Waals surface area contributed by atoms with Crippen molar-refractivity contribution >= 4 is 11.9 Å². The van der Waals surface area contributed by atoms with Crippen LogP contribution in [-0.4, -0.2) is 36.7 Å². The van der Waals surface area contributed by atoms with Crippen LogP contribution in [0, 0.1) is 11.8 Å². The zero-order chi connectivity index (χ0) is 19.2. The Balaban J connectivity index is 2.84. The first-order chi connectivity index (χ1) is 11.6. The molecule has 0 heterocycles. The van der Waals surface area contributed by atoms with E-state index in [4.69, 9.17) is 14.6 Å². The van der Waals surface area contributed by atoms with E-state index in [1.807, 2.05) is 32.9 Å². The average molecular weight is 351 g/mol. The minimum atomic E-state index is -0.927. The molecule has 0 fully saturated rings. The molecular formula is C19H29NO5. The number of carboxylic acids is 1. The summed E-state index contributed by atoms with van der Waals surface area (Å²) < 4.78 is 10.5. The number of ether oxygens (including phenoxy) is 2. The molecule has 1 amide bonds. The van der Waals surface area contributed by atoms with Crippen molar-refractivity contribution in [3.8, 4) is 11.5 Å². The quantitative estimate of drug-likeness (QED) is 0.714. The van der Waals surface area contributed by atoms with Crippen molar-refractivity contribution in [2.75, 3.05) is 14.2 Å². The number of rotatable bonds is 9. The molecule has 0 saturated heterocycles. The maximum absolute atomic E-state index is 12.6. The number of hydrogen-bond acceptors (Lipinski definition) is 4. The standard InChI is InChI=1S/C19H29NO5/c1-12(2)19(4,11-17(21)22)20-18(23)13(3)9-14-7-8-15(24-5)16(10-14)25-6/h7-8,10,12-13H,9,11H2,1-6H3,(H,20,23)(H,21,22). The molecule has 1 rings (SSSR count). The fourth-order valence-corrected chi connectivity index (χ4v) is 2.57. The maximum atomic E-state index is 12.6. The summed E-state index contributed by atoms with van der Waals surface area (Å²) in [6.45, 7) is 7.41. The number of carbonyl (C=O) groups excluding carboxylic acids is 1. The Hall–Kier alpha value is -2.24. The van der Waals surface area contributed by atoms with Gasteiger partial charge in [0.15, 0.2) is 11.5 Å². The number of aliphatic carboxylic acids is 1. The number of amides is 1. The summed E-state index contributed by atoms with van der Waals surface area (Å²) in [6.07, 6.45) is 0.410. The lowest BCUT2D eigenvalue weighted by atomic mass is 9.84. The number of methoxy groups -OCH3 is 2. The predicted molar refractivity (Wildman–Crippen MR) is 96.1 cm³/mol. The van der Waals surface area contributed by atoms with Crippen LogP contribution in [0.1, 0.15) is 39.7 Å². The van der Waals surface area contributed by atoms with Crippen LogP contribution in [0.4, 0.5) is 0 Å². The topological polar surface area (TPSA) is 84.9 Å². The summed E-state index contributed by atoms with van der Waals surface area (Å²) in [5, 5.41) is 12.0. The minimum absolute atomic E-state index is 0.000769. The molecule has 0 radical (unpaired) electrons. The van der Waals surface area contributed by atoms with Crippen molar-refractivity contribution in [3.63, 3.8) is 0 Å². The third-order valence-electron chi connectivity index (χ3n) is 4.64. The summed E-state index contributed by atoms with van der Waals surface area (Å²) >= 11 is 0. The van der Waals surface area contributed by atoms with Gasteiger partial charge in [0.2, 0.25) is 5.91 Å². The van der Waals surface area contributed by atoms with Crippen LogP contribution in [0.15, 0.2) is 18.2 Å². The van der Waals surface area contributed by atoms with Gasteiger partial charge in [-0.3, -0.25) is 9.59 Å². The van der Waals surface area contributed by atoms with E-state index in [2.05, 4.69) is 5.32 Å². The first-order valence-corrected chi connectivity index (χ1v) is 8.37. The highest BCUT2D eigenvalue weighted by atomic mass is 16.5. The van der Waals surface area contributed by atoms with E-state index in [1.54, 1.807) is 27.2 Å².